The summed E-state index contributed by atoms with van der Waals surface area (Å²) in [6, 6.07) is -0.269. The summed E-state index contributed by atoms with van der Waals surface area (Å²) in [7, 11) is 1.31. The summed E-state index contributed by atoms with van der Waals surface area (Å²) in [5.74, 6) is -0.720. The van der Waals surface area contributed by atoms with Gasteiger partial charge in [0.25, 0.3) is 0 Å². The second kappa shape index (κ2) is 5.43. The normalized spacial score (nSPS) is 23.5. The number of carboxylic acids is 1. The van der Waals surface area contributed by atoms with E-state index in [0.29, 0.717) is 0 Å². The van der Waals surface area contributed by atoms with E-state index in [1.165, 1.54) is 10.2 Å². The van der Waals surface area contributed by atoms with E-state index in [0.717, 1.165) is 19.4 Å². The lowest BCUT2D eigenvalue weighted by molar-refractivity contribution is -0.139. The van der Waals surface area contributed by atoms with Crippen LogP contribution < -0.4 is 5.32 Å². The minimum atomic E-state index is -0.720. The molecule has 1 heterocycles. The van der Waals surface area contributed by atoms with E-state index < -0.39 is 5.97 Å². The van der Waals surface area contributed by atoms with E-state index in [1.54, 1.807) is 0 Å². The van der Waals surface area contributed by atoms with Crippen LogP contribution in [0.5, 0.6) is 0 Å². The Morgan fingerprint density at radius 3 is 2.50 bits per heavy atom. The van der Waals surface area contributed by atoms with E-state index in [-0.39, 0.29) is 6.04 Å². The first-order chi connectivity index (χ1) is 4.80. The van der Waals surface area contributed by atoms with Gasteiger partial charge in [-0.1, -0.05) is 6.55 Å². The van der Waals surface area contributed by atoms with Gasteiger partial charge in [-0.3, -0.25) is 4.79 Å². The van der Waals surface area contributed by atoms with Crippen molar-refractivity contribution < 1.29 is 9.90 Å². The molecule has 1 fully saturated rings. The molecule has 1 unspecified atom stereocenters. The minimum Gasteiger partial charge on any atom is -0.480 e. The molecule has 1 aliphatic rings. The van der Waals surface area contributed by atoms with Crippen molar-refractivity contribution in [3.05, 3.63) is 0 Å². The maximum absolute atomic E-state index is 10.1. The molecular weight excluding hydrogens is 146 g/mol. The van der Waals surface area contributed by atoms with Crippen molar-refractivity contribution in [3.8, 4) is 0 Å². The fraction of sp³-hybridized carbons (Fsp3) is 0.833. The molecule has 0 aromatic rings. The molecule has 0 aromatic carbocycles. The molecule has 10 heavy (non-hydrogen) atoms. The van der Waals surface area contributed by atoms with Gasteiger partial charge in [0.2, 0.25) is 0 Å². The first kappa shape index (κ1) is 9.65. The molecule has 0 saturated carbocycles. The summed E-state index contributed by atoms with van der Waals surface area (Å²) in [5.41, 5.74) is 0. The third kappa shape index (κ3) is 2.98. The van der Waals surface area contributed by atoms with Crippen LogP contribution in [0.4, 0.5) is 0 Å². The summed E-state index contributed by atoms with van der Waals surface area (Å²) < 4.78 is 0. The Balaban J connectivity index is 0.000000371. The van der Waals surface area contributed by atoms with Gasteiger partial charge >= 0.3 is 5.97 Å². The zero-order valence-electron chi connectivity index (χ0n) is 6.55. The maximum Gasteiger partial charge on any atom is 0.320 e. The van der Waals surface area contributed by atoms with E-state index in [9.17, 15) is 4.79 Å². The topological polar surface area (TPSA) is 49.3 Å². The number of hydrogen-bond donors (Lipinski definition) is 2. The Morgan fingerprint density at radius 1 is 1.70 bits per heavy atom. The van der Waals surface area contributed by atoms with Crippen molar-refractivity contribution >= 4 is 16.2 Å². The second-order valence-electron chi connectivity index (χ2n) is 1.99. The van der Waals surface area contributed by atoms with Gasteiger partial charge in [0.15, 0.2) is 0 Å². The molecule has 1 aliphatic heterocycles. The SMILES string of the molecule is C[SiH3].O=C(O)C1CCCN1. The van der Waals surface area contributed by atoms with E-state index in [2.05, 4.69) is 11.9 Å². The number of rotatable bonds is 1. The number of carbonyl (C=O) groups is 1. The third-order valence-corrected chi connectivity index (χ3v) is 1.36. The van der Waals surface area contributed by atoms with Crippen LogP contribution in [0.15, 0.2) is 0 Å². The van der Waals surface area contributed by atoms with Crippen LogP contribution in [-0.2, 0) is 4.79 Å². The Kier molecular flexibility index (Phi) is 5.24. The molecule has 3 nitrogen and oxygen atoms in total. The fourth-order valence-corrected chi connectivity index (χ4v) is 0.895. The largest absolute Gasteiger partial charge is 0.480 e. The molecule has 1 atom stereocenters. The van der Waals surface area contributed by atoms with Crippen LogP contribution >= 0.6 is 0 Å². The van der Waals surface area contributed by atoms with Gasteiger partial charge < -0.3 is 10.4 Å². The lowest BCUT2D eigenvalue weighted by Crippen LogP contribution is -2.29. The Hall–Kier alpha value is -0.353. The predicted octanol–water partition coefficient (Wildman–Crippen LogP) is -0.777. The molecule has 1 rings (SSSR count). The summed E-state index contributed by atoms with van der Waals surface area (Å²) in [6.07, 6.45) is 1.78. The Labute approximate surface area is 64.2 Å². The number of carboxylic acid groups (broad SMARTS) is 1. The van der Waals surface area contributed by atoms with Gasteiger partial charge in [0, 0.05) is 0 Å². The van der Waals surface area contributed by atoms with Crippen molar-refractivity contribution in [1.82, 2.24) is 5.32 Å². The molecule has 0 aromatic heterocycles. The van der Waals surface area contributed by atoms with Crippen molar-refractivity contribution in [2.24, 2.45) is 0 Å². The Bertz CT molecular complexity index is 102. The zero-order chi connectivity index (χ0) is 7.98. The highest BCUT2D eigenvalue weighted by Crippen LogP contribution is 2.03. The molecule has 0 amide bonds. The van der Waals surface area contributed by atoms with Gasteiger partial charge in [0.1, 0.15) is 6.04 Å². The van der Waals surface area contributed by atoms with Crippen LogP contribution in [0.3, 0.4) is 0 Å². The summed E-state index contributed by atoms with van der Waals surface area (Å²) in [6.45, 7) is 3.00. The van der Waals surface area contributed by atoms with Crippen molar-refractivity contribution in [2.75, 3.05) is 6.54 Å². The highest BCUT2D eigenvalue weighted by molar-refractivity contribution is 6.05. The first-order valence-corrected chi connectivity index (χ1v) is 5.77. The van der Waals surface area contributed by atoms with E-state index >= 15 is 0 Å². The zero-order valence-corrected chi connectivity index (χ0v) is 8.55. The summed E-state index contributed by atoms with van der Waals surface area (Å²) >= 11 is 0. The van der Waals surface area contributed by atoms with Crippen LogP contribution in [0.25, 0.3) is 0 Å². The molecule has 1 saturated heterocycles. The van der Waals surface area contributed by atoms with Gasteiger partial charge in [-0.25, -0.2) is 0 Å². The molecule has 0 aliphatic carbocycles. The second-order valence-corrected chi connectivity index (χ2v) is 1.99. The number of hydrogen-bond acceptors (Lipinski definition) is 2. The monoisotopic (exact) mass is 161 g/mol. The number of aliphatic carboxylic acids is 1. The first-order valence-electron chi connectivity index (χ1n) is 3.77. The fourth-order valence-electron chi connectivity index (χ4n) is 0.895. The molecule has 0 spiro atoms. The molecule has 4 heteroatoms. The standard InChI is InChI=1S/C5H9NO2.CH6Si/c7-5(8)4-2-1-3-6-4;1-2/h4,6H,1-3H2,(H,7,8);1-2H3. The lowest BCUT2D eigenvalue weighted by Gasteiger charge is -1.99. The van der Waals surface area contributed by atoms with Gasteiger partial charge in [-0.05, 0) is 29.6 Å². The maximum atomic E-state index is 10.1. The predicted molar refractivity (Wildman–Crippen MR) is 44.5 cm³/mol. The van der Waals surface area contributed by atoms with Crippen molar-refractivity contribution in [1.29, 1.82) is 0 Å². The van der Waals surface area contributed by atoms with Gasteiger partial charge in [-0.2, -0.15) is 0 Å². The van der Waals surface area contributed by atoms with Crippen LogP contribution in [-0.4, -0.2) is 33.9 Å². The van der Waals surface area contributed by atoms with Gasteiger partial charge in [-0.15, -0.1) is 0 Å². The van der Waals surface area contributed by atoms with Gasteiger partial charge in [0.05, 0.1) is 0 Å². The van der Waals surface area contributed by atoms with Crippen molar-refractivity contribution in [2.45, 2.75) is 25.4 Å². The Morgan fingerprint density at radius 2 is 2.30 bits per heavy atom. The molecular formula is C6H15NO2Si. The van der Waals surface area contributed by atoms with Crippen LogP contribution in [0.1, 0.15) is 12.8 Å². The molecule has 0 bridgehead atoms. The highest BCUT2D eigenvalue weighted by Gasteiger charge is 2.20. The van der Waals surface area contributed by atoms with Crippen molar-refractivity contribution in [3.63, 3.8) is 0 Å². The number of nitrogens with one attached hydrogen (secondary N) is 1. The quantitative estimate of drug-likeness (QED) is 0.496. The highest BCUT2D eigenvalue weighted by atomic mass is 28.1. The average molecular weight is 161 g/mol. The third-order valence-electron chi connectivity index (χ3n) is 1.36. The summed E-state index contributed by atoms with van der Waals surface area (Å²) in [4.78, 5) is 10.1. The van der Waals surface area contributed by atoms with Crippen LogP contribution in [0.2, 0.25) is 6.55 Å². The molecule has 0 radical (unpaired) electrons. The molecule has 60 valence electrons. The molecule has 2 N–H and O–H groups in total. The van der Waals surface area contributed by atoms with E-state index in [4.69, 9.17) is 5.11 Å². The van der Waals surface area contributed by atoms with Crippen LogP contribution in [0, 0.1) is 0 Å². The minimum absolute atomic E-state index is 0.269. The van der Waals surface area contributed by atoms with E-state index in [1.807, 2.05) is 0 Å². The lowest BCUT2D eigenvalue weighted by atomic mass is 10.2. The average Bonchev–Trinajstić information content (AvgIpc) is 2.42. The summed E-state index contributed by atoms with van der Waals surface area (Å²) in [5, 5.41) is 11.2. The smallest absolute Gasteiger partial charge is 0.320 e.